The van der Waals surface area contributed by atoms with E-state index in [1.807, 2.05) is 0 Å². The molecule has 0 bridgehead atoms. The molecule has 2 fully saturated rings. The van der Waals surface area contributed by atoms with E-state index >= 15 is 0 Å². The number of nitrogens with one attached hydrogen (secondary N) is 1. The molecular formula is C27H36ClF3N4O5. The minimum atomic E-state index is -4.56. The van der Waals surface area contributed by atoms with Crippen molar-refractivity contribution in [1.82, 2.24) is 10.2 Å². The summed E-state index contributed by atoms with van der Waals surface area (Å²) in [6.07, 6.45) is -2.24. The molecule has 0 aliphatic carbocycles. The quantitative estimate of drug-likeness (QED) is 0.148. The molecule has 1 aromatic rings. The van der Waals surface area contributed by atoms with E-state index in [9.17, 15) is 18.0 Å². The Labute approximate surface area is 237 Å². The first-order chi connectivity index (χ1) is 18.9. The van der Waals surface area contributed by atoms with E-state index in [4.69, 9.17) is 36.3 Å². The summed E-state index contributed by atoms with van der Waals surface area (Å²) in [5.74, 6) is -0.257. The molecule has 2 atom stereocenters. The van der Waals surface area contributed by atoms with Crippen LogP contribution < -0.4 is 11.1 Å². The third-order valence-corrected chi connectivity index (χ3v) is 7.31. The van der Waals surface area contributed by atoms with Gasteiger partial charge in [-0.3, -0.25) is 4.79 Å². The molecule has 13 heteroatoms. The highest BCUT2D eigenvalue weighted by Gasteiger charge is 2.33. The number of likely N-dealkylation sites (tertiary alicyclic amines) is 1. The zero-order valence-corrected chi connectivity index (χ0v) is 23.6. The van der Waals surface area contributed by atoms with Crippen LogP contribution in [0.25, 0.3) is 0 Å². The zero-order chi connectivity index (χ0) is 29.4. The summed E-state index contributed by atoms with van der Waals surface area (Å²) in [7, 11) is 3.00. The van der Waals surface area contributed by atoms with Crippen molar-refractivity contribution in [2.45, 2.75) is 57.2 Å². The Hall–Kier alpha value is -2.80. The number of carbonyl (C=O) groups is 1. The second-order valence-corrected chi connectivity index (χ2v) is 10.0. The zero-order valence-electron chi connectivity index (χ0n) is 22.9. The molecule has 2 aliphatic heterocycles. The average Bonchev–Trinajstić information content (AvgIpc) is 2.93. The van der Waals surface area contributed by atoms with Crippen LogP contribution in [0, 0.1) is 0 Å². The van der Waals surface area contributed by atoms with Gasteiger partial charge in [0.15, 0.2) is 0 Å². The molecular weight excluding hydrogens is 553 g/mol. The van der Waals surface area contributed by atoms with Crippen LogP contribution >= 0.6 is 11.6 Å². The molecule has 0 saturated carbocycles. The molecule has 0 aromatic heterocycles. The smallest absolute Gasteiger partial charge is 0.417 e. The third kappa shape index (κ3) is 8.35. The number of amides is 1. The lowest BCUT2D eigenvalue weighted by atomic mass is 9.99. The molecule has 9 nitrogen and oxygen atoms in total. The van der Waals surface area contributed by atoms with Crippen molar-refractivity contribution < 1.29 is 36.9 Å². The van der Waals surface area contributed by atoms with E-state index in [-0.39, 0.29) is 48.2 Å². The summed E-state index contributed by atoms with van der Waals surface area (Å²) in [4.78, 5) is 19.4. The summed E-state index contributed by atoms with van der Waals surface area (Å²) >= 11 is 5.80. The minimum Gasteiger partial charge on any atom is -0.489 e. The number of nitrogens with two attached hydrogens (primary N) is 1. The number of nitrogens with zero attached hydrogens (tertiary/aromatic N) is 2. The number of benzene rings is 1. The van der Waals surface area contributed by atoms with Crippen molar-refractivity contribution in [2.75, 3.05) is 40.5 Å². The highest BCUT2D eigenvalue weighted by atomic mass is 35.5. The summed E-state index contributed by atoms with van der Waals surface area (Å²) in [6, 6.07) is 3.53. The van der Waals surface area contributed by atoms with E-state index < -0.39 is 16.8 Å². The van der Waals surface area contributed by atoms with Gasteiger partial charge >= 0.3 is 6.18 Å². The van der Waals surface area contributed by atoms with Gasteiger partial charge in [0, 0.05) is 44.5 Å². The van der Waals surface area contributed by atoms with Crippen molar-refractivity contribution in [3.05, 3.63) is 58.0 Å². The van der Waals surface area contributed by atoms with Gasteiger partial charge in [0.25, 0.3) is 11.9 Å². The normalized spacial score (nSPS) is 21.6. The Kier molecular flexibility index (Phi) is 11.3. The fraction of sp³-hybridized carbons (Fsp3) is 0.556. The summed E-state index contributed by atoms with van der Waals surface area (Å²) in [5.41, 5.74) is 5.56. The lowest BCUT2D eigenvalue weighted by Crippen LogP contribution is -2.54. The van der Waals surface area contributed by atoms with Gasteiger partial charge in [-0.05, 0) is 43.9 Å². The molecule has 1 amide bonds. The van der Waals surface area contributed by atoms with Crippen LogP contribution in [0.3, 0.4) is 0 Å². The Morgan fingerprint density at radius 1 is 1.27 bits per heavy atom. The Balaban J connectivity index is 1.67. The Morgan fingerprint density at radius 2 is 1.98 bits per heavy atom. The van der Waals surface area contributed by atoms with Crippen LogP contribution in [0.2, 0.25) is 5.02 Å². The molecule has 3 N–H and O–H groups in total. The van der Waals surface area contributed by atoms with Crippen LogP contribution in [0.4, 0.5) is 13.2 Å². The minimum absolute atomic E-state index is 0.00471. The predicted molar refractivity (Wildman–Crippen MR) is 144 cm³/mol. The van der Waals surface area contributed by atoms with Gasteiger partial charge in [-0.15, -0.1) is 0 Å². The lowest BCUT2D eigenvalue weighted by molar-refractivity contribution is -0.137. The van der Waals surface area contributed by atoms with Crippen LogP contribution in [0.1, 0.15) is 37.3 Å². The molecule has 2 saturated heterocycles. The number of aliphatic imine (C=N–C) groups is 1. The van der Waals surface area contributed by atoms with Crippen molar-refractivity contribution in [1.29, 1.82) is 0 Å². The molecule has 2 heterocycles. The topological polar surface area (TPSA) is 108 Å². The highest BCUT2D eigenvalue weighted by Crippen LogP contribution is 2.35. The standard InChI is InChI=1S/C27H36ClF3N4O5/c1-16(17(2)40-14-18-5-6-20(21(28)13-18)27(29,30)31)24(34-26(32)38-4)25(36)35-10-7-19(8-11-35)33-22-9-12-39-15-23(22)37-3/h5-6,13,19,22-23,33H,2,7-12,14-15H2,1,3-4H3,(H2,32,34)/b24-16-/t22-,23?/m0/s1. The maximum Gasteiger partial charge on any atom is 0.417 e. The lowest BCUT2D eigenvalue weighted by Gasteiger charge is -2.38. The molecule has 1 aromatic carbocycles. The van der Waals surface area contributed by atoms with Crippen molar-refractivity contribution >= 4 is 23.5 Å². The highest BCUT2D eigenvalue weighted by molar-refractivity contribution is 6.31. The number of hydrogen-bond donors (Lipinski definition) is 2. The summed E-state index contributed by atoms with van der Waals surface area (Å²) in [5, 5.41) is 3.21. The number of allylic oxidation sites excluding steroid dienone is 1. The molecule has 0 spiro atoms. The van der Waals surface area contributed by atoms with Crippen molar-refractivity contribution in [2.24, 2.45) is 10.7 Å². The first-order valence-electron chi connectivity index (χ1n) is 12.9. The first kappa shape index (κ1) is 31.7. The van der Waals surface area contributed by atoms with E-state index in [1.54, 1.807) is 18.9 Å². The van der Waals surface area contributed by atoms with Gasteiger partial charge < -0.3 is 34.9 Å². The maximum absolute atomic E-state index is 13.5. The van der Waals surface area contributed by atoms with Gasteiger partial charge in [-0.1, -0.05) is 24.2 Å². The van der Waals surface area contributed by atoms with Crippen LogP contribution in [0.15, 0.2) is 46.8 Å². The number of halogens is 4. The molecule has 3 rings (SSSR count). The molecule has 1 unspecified atom stereocenters. The maximum atomic E-state index is 13.5. The van der Waals surface area contributed by atoms with E-state index in [0.717, 1.165) is 25.3 Å². The second-order valence-electron chi connectivity index (χ2n) is 9.63. The van der Waals surface area contributed by atoms with Crippen LogP contribution in [0.5, 0.6) is 0 Å². The fourth-order valence-electron chi connectivity index (χ4n) is 4.57. The van der Waals surface area contributed by atoms with E-state index in [2.05, 4.69) is 16.9 Å². The SMILES string of the molecule is C=C(OCc1ccc(C(F)(F)F)c(Cl)c1)/C(C)=C(\N=C(/N)OC)C(=O)N1CCC(N[C@H]2CCOCC2OC)CC1. The summed E-state index contributed by atoms with van der Waals surface area (Å²) < 4.78 is 60.7. The Bertz CT molecular complexity index is 1120. The molecule has 0 radical (unpaired) electrons. The number of methoxy groups -OCH3 is 2. The van der Waals surface area contributed by atoms with Gasteiger partial charge in [0.1, 0.15) is 18.1 Å². The van der Waals surface area contributed by atoms with E-state index in [0.29, 0.717) is 37.4 Å². The van der Waals surface area contributed by atoms with Crippen molar-refractivity contribution in [3.8, 4) is 0 Å². The fourth-order valence-corrected chi connectivity index (χ4v) is 4.88. The van der Waals surface area contributed by atoms with Gasteiger partial charge in [-0.2, -0.15) is 18.2 Å². The molecule has 222 valence electrons. The van der Waals surface area contributed by atoms with Gasteiger partial charge in [0.2, 0.25) is 0 Å². The Morgan fingerprint density at radius 3 is 2.58 bits per heavy atom. The first-order valence-corrected chi connectivity index (χ1v) is 13.2. The second kappa shape index (κ2) is 14.2. The third-order valence-electron chi connectivity index (χ3n) is 7.00. The number of hydrogen-bond acceptors (Lipinski definition) is 7. The van der Waals surface area contributed by atoms with Crippen molar-refractivity contribution in [3.63, 3.8) is 0 Å². The van der Waals surface area contributed by atoms with Crippen LogP contribution in [-0.2, 0) is 36.5 Å². The largest absolute Gasteiger partial charge is 0.489 e. The number of alkyl halides is 3. The monoisotopic (exact) mass is 588 g/mol. The number of rotatable bonds is 9. The molecule has 2 aliphatic rings. The average molecular weight is 589 g/mol. The van der Waals surface area contributed by atoms with Gasteiger partial charge in [-0.25, -0.2) is 0 Å². The van der Waals surface area contributed by atoms with Gasteiger partial charge in [0.05, 0.1) is 30.4 Å². The van der Waals surface area contributed by atoms with E-state index in [1.165, 1.54) is 19.2 Å². The number of ether oxygens (including phenoxy) is 4. The number of carbonyl (C=O) groups excluding carboxylic acids is 1. The number of amidine groups is 1. The predicted octanol–water partition coefficient (Wildman–Crippen LogP) is 4.01. The molecule has 40 heavy (non-hydrogen) atoms. The van der Waals surface area contributed by atoms with Crippen LogP contribution in [-0.4, -0.2) is 75.5 Å². The summed E-state index contributed by atoms with van der Waals surface area (Å²) in [6.45, 7) is 7.58. The number of piperidine rings is 1.